The van der Waals surface area contributed by atoms with Crippen LogP contribution < -0.4 is 14.4 Å². The van der Waals surface area contributed by atoms with E-state index in [0.717, 1.165) is 11.1 Å². The lowest BCUT2D eigenvalue weighted by molar-refractivity contribution is -0.114. The van der Waals surface area contributed by atoms with Crippen LogP contribution in [0.15, 0.2) is 71.6 Å². The Balaban J connectivity index is 1.64. The van der Waals surface area contributed by atoms with Crippen molar-refractivity contribution in [3.63, 3.8) is 0 Å². The highest BCUT2D eigenvalue weighted by Crippen LogP contribution is 2.43. The van der Waals surface area contributed by atoms with E-state index in [2.05, 4.69) is 5.32 Å². The minimum Gasteiger partial charge on any atom is -0.494 e. The van der Waals surface area contributed by atoms with E-state index in [1.165, 1.54) is 4.31 Å². The first-order chi connectivity index (χ1) is 14.4. The lowest BCUT2D eigenvalue weighted by Crippen LogP contribution is -2.40. The number of amides is 1. The first kappa shape index (κ1) is 20.0. The van der Waals surface area contributed by atoms with E-state index >= 15 is 0 Å². The number of nitrogens with zero attached hydrogens (tertiary/aromatic N) is 1. The summed E-state index contributed by atoms with van der Waals surface area (Å²) < 4.78 is 33.1. The Bertz CT molecular complexity index is 1200. The van der Waals surface area contributed by atoms with Crippen molar-refractivity contribution in [1.29, 1.82) is 0 Å². The van der Waals surface area contributed by atoms with Crippen LogP contribution in [0.1, 0.15) is 12.5 Å². The van der Waals surface area contributed by atoms with E-state index in [-0.39, 0.29) is 11.4 Å². The smallest absolute Gasteiger partial charge is 0.265 e. The molecule has 30 heavy (non-hydrogen) atoms. The molecule has 0 saturated heterocycles. The molecule has 1 heterocycles. The van der Waals surface area contributed by atoms with Crippen molar-refractivity contribution in [2.45, 2.75) is 18.7 Å². The molecule has 1 aliphatic heterocycles. The summed E-state index contributed by atoms with van der Waals surface area (Å²) in [6.45, 7) is 4.08. The Hall–Kier alpha value is -3.32. The second kappa shape index (κ2) is 7.84. The number of hydrogen-bond acceptors (Lipinski definition) is 4. The Morgan fingerprint density at radius 2 is 1.73 bits per heavy atom. The van der Waals surface area contributed by atoms with Gasteiger partial charge in [0, 0.05) is 16.8 Å². The van der Waals surface area contributed by atoms with Gasteiger partial charge in [0.05, 0.1) is 17.2 Å². The van der Waals surface area contributed by atoms with Gasteiger partial charge in [-0.05, 0) is 56.3 Å². The molecule has 1 amide bonds. The molecule has 154 valence electrons. The molecule has 7 heteroatoms. The Morgan fingerprint density at radius 3 is 2.47 bits per heavy atom. The van der Waals surface area contributed by atoms with E-state index in [9.17, 15) is 13.2 Å². The van der Waals surface area contributed by atoms with Crippen LogP contribution in [0.5, 0.6) is 5.75 Å². The Labute approximate surface area is 176 Å². The first-order valence-electron chi connectivity index (χ1n) is 9.65. The van der Waals surface area contributed by atoms with Gasteiger partial charge in [-0.25, -0.2) is 8.42 Å². The zero-order valence-corrected chi connectivity index (χ0v) is 17.6. The van der Waals surface area contributed by atoms with Crippen molar-refractivity contribution in [3.05, 3.63) is 72.3 Å². The van der Waals surface area contributed by atoms with Crippen molar-refractivity contribution >= 4 is 27.3 Å². The maximum absolute atomic E-state index is 13.3. The van der Waals surface area contributed by atoms with Crippen molar-refractivity contribution in [2.75, 3.05) is 22.8 Å². The average molecular weight is 423 g/mol. The normalized spacial score (nSPS) is 13.9. The summed E-state index contributed by atoms with van der Waals surface area (Å²) in [5, 5.41) is 2.76. The van der Waals surface area contributed by atoms with Crippen LogP contribution in [0.25, 0.3) is 11.1 Å². The number of benzene rings is 3. The fourth-order valence-corrected chi connectivity index (χ4v) is 5.20. The molecule has 0 bridgehead atoms. The van der Waals surface area contributed by atoms with E-state index in [1.54, 1.807) is 48.5 Å². The van der Waals surface area contributed by atoms with E-state index < -0.39 is 15.9 Å². The monoisotopic (exact) mass is 422 g/mol. The number of fused-ring (bicyclic) bond motifs is 3. The van der Waals surface area contributed by atoms with Crippen molar-refractivity contribution in [2.24, 2.45) is 0 Å². The average Bonchev–Trinajstić information content (AvgIpc) is 2.73. The zero-order chi connectivity index (χ0) is 21.3. The molecule has 0 radical (unpaired) electrons. The van der Waals surface area contributed by atoms with Crippen molar-refractivity contribution < 1.29 is 17.9 Å². The van der Waals surface area contributed by atoms with E-state index in [0.29, 0.717) is 29.3 Å². The Kier molecular flexibility index (Phi) is 5.22. The molecule has 4 rings (SSSR count). The van der Waals surface area contributed by atoms with Crippen molar-refractivity contribution in [3.8, 4) is 16.9 Å². The summed E-state index contributed by atoms with van der Waals surface area (Å²) in [5.74, 6) is 0.281. The van der Waals surface area contributed by atoms with Crippen LogP contribution in [0, 0.1) is 6.92 Å². The zero-order valence-electron chi connectivity index (χ0n) is 16.8. The number of sulfonamides is 1. The van der Waals surface area contributed by atoms with Gasteiger partial charge in [-0.1, -0.05) is 29.8 Å². The van der Waals surface area contributed by atoms with Gasteiger partial charge >= 0.3 is 0 Å². The van der Waals surface area contributed by atoms with Gasteiger partial charge in [-0.3, -0.25) is 9.10 Å². The van der Waals surface area contributed by atoms with Crippen molar-refractivity contribution in [1.82, 2.24) is 0 Å². The molecule has 0 aliphatic carbocycles. The Morgan fingerprint density at radius 1 is 1.00 bits per heavy atom. The van der Waals surface area contributed by atoms with Crippen LogP contribution in [0.2, 0.25) is 0 Å². The van der Waals surface area contributed by atoms with Gasteiger partial charge in [0.15, 0.2) is 0 Å². The molecule has 0 atom stereocenters. The second-order valence-electron chi connectivity index (χ2n) is 7.03. The van der Waals surface area contributed by atoms with Gasteiger partial charge in [0.25, 0.3) is 10.0 Å². The SMILES string of the molecule is CCOc1ccc(NC(=O)CN2c3ccc(C)cc3-c3ccccc3S2(=O)=O)cc1. The van der Waals surface area contributed by atoms with Gasteiger partial charge in [0.1, 0.15) is 12.3 Å². The van der Waals surface area contributed by atoms with Crippen LogP contribution >= 0.6 is 0 Å². The highest BCUT2D eigenvalue weighted by atomic mass is 32.2. The molecule has 1 aliphatic rings. The van der Waals surface area contributed by atoms with Crippen LogP contribution in [-0.4, -0.2) is 27.5 Å². The maximum Gasteiger partial charge on any atom is 0.265 e. The fraction of sp³-hybridized carbons (Fsp3) is 0.174. The number of anilines is 2. The number of carbonyl (C=O) groups is 1. The minimum absolute atomic E-state index is 0.206. The van der Waals surface area contributed by atoms with E-state index in [4.69, 9.17) is 4.74 Å². The standard InChI is InChI=1S/C23H22N2O4S/c1-3-29-18-11-9-17(10-12-18)24-23(26)15-25-21-13-8-16(2)14-20(21)19-6-4-5-7-22(19)30(25,27)28/h4-14H,3,15H2,1-2H3,(H,24,26). The molecule has 0 saturated carbocycles. The predicted molar refractivity (Wildman–Crippen MR) is 117 cm³/mol. The molecule has 1 N–H and O–H groups in total. The van der Waals surface area contributed by atoms with Crippen LogP contribution in [-0.2, 0) is 14.8 Å². The van der Waals surface area contributed by atoms with E-state index in [1.807, 2.05) is 32.0 Å². The third-order valence-corrected chi connectivity index (χ3v) is 6.72. The number of rotatable bonds is 5. The summed E-state index contributed by atoms with van der Waals surface area (Å²) in [4.78, 5) is 12.9. The second-order valence-corrected chi connectivity index (χ2v) is 8.86. The molecule has 0 unspecified atom stereocenters. The predicted octanol–water partition coefficient (Wildman–Crippen LogP) is 4.21. The topological polar surface area (TPSA) is 75.7 Å². The molecule has 0 fully saturated rings. The summed E-state index contributed by atoms with van der Waals surface area (Å²) in [6, 6.07) is 19.4. The largest absolute Gasteiger partial charge is 0.494 e. The third kappa shape index (κ3) is 3.64. The highest BCUT2D eigenvalue weighted by molar-refractivity contribution is 7.93. The fourth-order valence-electron chi connectivity index (χ4n) is 3.55. The first-order valence-corrected chi connectivity index (χ1v) is 11.1. The summed E-state index contributed by atoms with van der Waals surface area (Å²) in [7, 11) is -3.86. The molecular weight excluding hydrogens is 400 g/mol. The lowest BCUT2D eigenvalue weighted by atomic mass is 10.0. The third-order valence-electron chi connectivity index (χ3n) is 4.90. The number of nitrogens with one attached hydrogen (secondary N) is 1. The number of hydrogen-bond donors (Lipinski definition) is 1. The molecular formula is C23H22N2O4S. The molecule has 0 aromatic heterocycles. The van der Waals surface area contributed by atoms with Gasteiger partial charge in [0.2, 0.25) is 5.91 Å². The van der Waals surface area contributed by atoms with Crippen LogP contribution in [0.4, 0.5) is 11.4 Å². The van der Waals surface area contributed by atoms with Crippen LogP contribution in [0.3, 0.4) is 0 Å². The number of carbonyl (C=O) groups excluding carboxylic acids is 1. The quantitative estimate of drug-likeness (QED) is 0.668. The summed E-state index contributed by atoms with van der Waals surface area (Å²) in [6.07, 6.45) is 0. The molecule has 3 aromatic rings. The summed E-state index contributed by atoms with van der Waals surface area (Å²) >= 11 is 0. The number of aryl methyl sites for hydroxylation is 1. The maximum atomic E-state index is 13.3. The van der Waals surface area contributed by atoms with Gasteiger partial charge in [-0.2, -0.15) is 0 Å². The minimum atomic E-state index is -3.86. The number of ether oxygens (including phenoxy) is 1. The lowest BCUT2D eigenvalue weighted by Gasteiger charge is -2.31. The highest BCUT2D eigenvalue weighted by Gasteiger charge is 2.35. The van der Waals surface area contributed by atoms with Gasteiger partial charge < -0.3 is 10.1 Å². The van der Waals surface area contributed by atoms with Gasteiger partial charge in [-0.15, -0.1) is 0 Å². The summed E-state index contributed by atoms with van der Waals surface area (Å²) in [5.41, 5.74) is 3.54. The molecule has 0 spiro atoms. The molecule has 6 nitrogen and oxygen atoms in total. The molecule has 3 aromatic carbocycles.